The van der Waals surface area contributed by atoms with E-state index in [2.05, 4.69) is 0 Å². The lowest BCUT2D eigenvalue weighted by Crippen LogP contribution is -2.60. The monoisotopic (exact) mass is 494 g/mol. The first kappa shape index (κ1) is 25.9. The van der Waals surface area contributed by atoms with E-state index in [9.17, 15) is 22.7 Å². The number of nitrogens with zero attached hydrogens (tertiary/aromatic N) is 1. The van der Waals surface area contributed by atoms with Crippen LogP contribution < -0.4 is 14.6 Å². The second kappa shape index (κ2) is 10.3. The Labute approximate surface area is 199 Å². The highest BCUT2D eigenvalue weighted by Crippen LogP contribution is 2.32. The molecular weight excluding hydrogens is 463 g/mol. The molecule has 0 aromatic heterocycles. The van der Waals surface area contributed by atoms with Crippen molar-refractivity contribution in [3.63, 3.8) is 0 Å². The lowest BCUT2D eigenvalue weighted by Gasteiger charge is -2.45. The summed E-state index contributed by atoms with van der Waals surface area (Å²) in [5.41, 5.74) is -0.609. The molecule has 2 aromatic carbocycles. The van der Waals surface area contributed by atoms with Crippen LogP contribution in [0.3, 0.4) is 0 Å². The molecule has 1 heterocycles. The minimum absolute atomic E-state index is 0.0371. The number of aryl methyl sites for hydroxylation is 1. The Kier molecular flexibility index (Phi) is 7.84. The number of nitrogens with two attached hydrogens (primary N) is 1. The topological polar surface area (TPSA) is 119 Å². The quantitative estimate of drug-likeness (QED) is 0.582. The number of halogens is 1. The van der Waals surface area contributed by atoms with Gasteiger partial charge in [0.2, 0.25) is 10.0 Å². The maximum atomic E-state index is 13.3. The van der Waals surface area contributed by atoms with Crippen LogP contribution in [0.15, 0.2) is 47.4 Å². The number of aliphatic hydroxyl groups is 1. The van der Waals surface area contributed by atoms with Crippen molar-refractivity contribution in [3.05, 3.63) is 53.8 Å². The molecular formula is C24H31FN2O6S. The highest BCUT2D eigenvalue weighted by molar-refractivity contribution is 7.89. The molecule has 0 spiro atoms. The summed E-state index contributed by atoms with van der Waals surface area (Å²) in [4.78, 5) is 14.4. The number of carbonyl (C=O) groups excluding carboxylic acids is 1. The third-order valence-electron chi connectivity index (χ3n) is 5.83. The van der Waals surface area contributed by atoms with Gasteiger partial charge in [0.25, 0.3) is 5.91 Å². The fourth-order valence-electron chi connectivity index (χ4n) is 4.13. The van der Waals surface area contributed by atoms with E-state index >= 15 is 0 Å². The van der Waals surface area contributed by atoms with E-state index in [0.717, 1.165) is 0 Å². The number of rotatable bonds is 8. The van der Waals surface area contributed by atoms with E-state index in [1.165, 1.54) is 42.5 Å². The largest absolute Gasteiger partial charge is 0.486 e. The van der Waals surface area contributed by atoms with Crippen molar-refractivity contribution in [2.24, 2.45) is 11.1 Å². The smallest absolute Gasteiger partial charge is 0.260 e. The molecule has 1 fully saturated rings. The van der Waals surface area contributed by atoms with Gasteiger partial charge in [0.15, 0.2) is 6.61 Å². The summed E-state index contributed by atoms with van der Waals surface area (Å²) < 4.78 is 47.9. The van der Waals surface area contributed by atoms with Gasteiger partial charge < -0.3 is 19.5 Å². The molecule has 186 valence electrons. The number of amides is 1. The van der Waals surface area contributed by atoms with Gasteiger partial charge in [-0.1, -0.05) is 13.8 Å². The molecule has 3 rings (SSSR count). The molecule has 0 radical (unpaired) electrons. The number of benzene rings is 2. The minimum Gasteiger partial charge on any atom is -0.486 e. The fraction of sp³-hybridized carbons (Fsp3) is 0.458. The Morgan fingerprint density at radius 2 is 1.94 bits per heavy atom. The molecule has 1 aliphatic rings. The van der Waals surface area contributed by atoms with Gasteiger partial charge in [-0.3, -0.25) is 4.79 Å². The molecule has 1 amide bonds. The molecule has 3 N–H and O–H groups in total. The first-order chi connectivity index (χ1) is 15.9. The third kappa shape index (κ3) is 6.46. The number of sulfonamides is 1. The second-order valence-electron chi connectivity index (χ2n) is 9.11. The molecule has 0 saturated carbocycles. The van der Waals surface area contributed by atoms with Gasteiger partial charge in [-0.2, -0.15) is 0 Å². The number of likely N-dealkylation sites (tertiary alicyclic amines) is 1. The zero-order valence-electron chi connectivity index (χ0n) is 19.5. The lowest BCUT2D eigenvalue weighted by atomic mass is 9.81. The van der Waals surface area contributed by atoms with Gasteiger partial charge in [0.05, 0.1) is 11.4 Å². The SMILES string of the molecule is Cc1cc(S(N)(=O)=O)ccc1OCC(=O)N1CC[C@@](O)(CC(C)C)[C@@H](Oc2ccc(F)cc2)C1. The van der Waals surface area contributed by atoms with Crippen molar-refractivity contribution in [2.75, 3.05) is 19.7 Å². The summed E-state index contributed by atoms with van der Waals surface area (Å²) in [5, 5.41) is 16.5. The van der Waals surface area contributed by atoms with Gasteiger partial charge in [0, 0.05) is 6.54 Å². The lowest BCUT2D eigenvalue weighted by molar-refractivity contribution is -0.150. The van der Waals surface area contributed by atoms with Crippen LogP contribution >= 0.6 is 0 Å². The Balaban J connectivity index is 1.69. The summed E-state index contributed by atoms with van der Waals surface area (Å²) in [6, 6.07) is 9.70. The Morgan fingerprint density at radius 3 is 2.53 bits per heavy atom. The van der Waals surface area contributed by atoms with Crippen LogP contribution in [0.1, 0.15) is 32.3 Å². The minimum atomic E-state index is -3.83. The Hall–Kier alpha value is -2.69. The average molecular weight is 495 g/mol. The third-order valence-corrected chi connectivity index (χ3v) is 6.74. The van der Waals surface area contributed by atoms with Crippen LogP contribution in [-0.2, 0) is 14.8 Å². The van der Waals surface area contributed by atoms with Crippen molar-refractivity contribution < 1.29 is 32.2 Å². The first-order valence-corrected chi connectivity index (χ1v) is 12.6. The van der Waals surface area contributed by atoms with Crippen molar-refractivity contribution in [2.45, 2.75) is 50.2 Å². The van der Waals surface area contributed by atoms with Crippen LogP contribution in [0.4, 0.5) is 4.39 Å². The molecule has 34 heavy (non-hydrogen) atoms. The number of ether oxygens (including phenoxy) is 2. The number of hydrogen-bond donors (Lipinski definition) is 2. The number of hydrogen-bond acceptors (Lipinski definition) is 6. The number of carbonyl (C=O) groups is 1. The van der Waals surface area contributed by atoms with Gasteiger partial charge in [0.1, 0.15) is 29.0 Å². The number of piperidine rings is 1. The number of primary sulfonamides is 1. The highest BCUT2D eigenvalue weighted by Gasteiger charge is 2.44. The molecule has 10 heteroatoms. The van der Waals surface area contributed by atoms with E-state index in [0.29, 0.717) is 36.4 Å². The summed E-state index contributed by atoms with van der Waals surface area (Å²) in [6.45, 7) is 5.88. The van der Waals surface area contributed by atoms with Crippen molar-refractivity contribution in [1.29, 1.82) is 0 Å². The maximum Gasteiger partial charge on any atom is 0.260 e. The predicted octanol–water partition coefficient (Wildman–Crippen LogP) is 2.62. The Morgan fingerprint density at radius 1 is 1.26 bits per heavy atom. The van der Waals surface area contributed by atoms with E-state index in [1.807, 2.05) is 13.8 Å². The predicted molar refractivity (Wildman–Crippen MR) is 124 cm³/mol. The molecule has 2 atom stereocenters. The standard InChI is InChI=1S/C24H31FN2O6S/c1-16(2)13-24(29)10-11-27(14-22(24)33-19-6-4-18(25)5-7-19)23(28)15-32-21-9-8-20(12-17(21)3)34(26,30)31/h4-9,12,16,22,29H,10-11,13-15H2,1-3H3,(H2,26,30,31)/t22-,24+/m0/s1. The summed E-state index contributed by atoms with van der Waals surface area (Å²) in [7, 11) is -3.83. The fourth-order valence-corrected chi connectivity index (χ4v) is 4.73. The second-order valence-corrected chi connectivity index (χ2v) is 10.7. The van der Waals surface area contributed by atoms with Crippen LogP contribution in [0.2, 0.25) is 0 Å². The van der Waals surface area contributed by atoms with E-state index < -0.39 is 27.5 Å². The normalized spacial score (nSPS) is 20.9. The van der Waals surface area contributed by atoms with Crippen LogP contribution in [0, 0.1) is 18.7 Å². The molecule has 8 nitrogen and oxygen atoms in total. The van der Waals surface area contributed by atoms with E-state index in [-0.39, 0.29) is 29.9 Å². The molecule has 0 unspecified atom stereocenters. The summed E-state index contributed by atoms with van der Waals surface area (Å²) >= 11 is 0. The van der Waals surface area contributed by atoms with Gasteiger partial charge in [-0.15, -0.1) is 0 Å². The maximum absolute atomic E-state index is 13.3. The first-order valence-electron chi connectivity index (χ1n) is 11.1. The van der Waals surface area contributed by atoms with Crippen LogP contribution in [-0.4, -0.2) is 55.7 Å². The highest BCUT2D eigenvalue weighted by atomic mass is 32.2. The van der Waals surface area contributed by atoms with E-state index in [1.54, 1.807) is 11.8 Å². The van der Waals surface area contributed by atoms with Crippen molar-refractivity contribution in [3.8, 4) is 11.5 Å². The van der Waals surface area contributed by atoms with Crippen LogP contribution in [0.25, 0.3) is 0 Å². The summed E-state index contributed by atoms with van der Waals surface area (Å²) in [5.74, 6) is 0.292. The molecule has 2 aromatic rings. The molecule has 0 bridgehead atoms. The Bertz CT molecular complexity index is 1120. The zero-order chi connectivity index (χ0) is 25.1. The van der Waals surface area contributed by atoms with Gasteiger partial charge in [-0.25, -0.2) is 17.9 Å². The zero-order valence-corrected chi connectivity index (χ0v) is 20.3. The van der Waals surface area contributed by atoms with Gasteiger partial charge in [-0.05, 0) is 73.7 Å². The van der Waals surface area contributed by atoms with Crippen molar-refractivity contribution in [1.82, 2.24) is 4.90 Å². The summed E-state index contributed by atoms with van der Waals surface area (Å²) in [6.07, 6.45) is 0.117. The molecule has 1 aliphatic heterocycles. The average Bonchev–Trinajstić information content (AvgIpc) is 2.74. The van der Waals surface area contributed by atoms with Crippen LogP contribution in [0.5, 0.6) is 11.5 Å². The van der Waals surface area contributed by atoms with Gasteiger partial charge >= 0.3 is 0 Å². The van der Waals surface area contributed by atoms with Crippen molar-refractivity contribution >= 4 is 15.9 Å². The molecule has 1 saturated heterocycles. The molecule has 0 aliphatic carbocycles. The van der Waals surface area contributed by atoms with E-state index in [4.69, 9.17) is 14.6 Å².